The van der Waals surface area contributed by atoms with E-state index in [0.717, 1.165) is 6.42 Å². The molecule has 0 N–H and O–H groups in total. The van der Waals surface area contributed by atoms with E-state index in [4.69, 9.17) is 0 Å². The Hall–Kier alpha value is -2.67. The molecule has 2 aliphatic rings. The molecular formula is C52H70SiZr-4. The molecule has 4 aromatic rings. The Morgan fingerprint density at radius 2 is 1.04 bits per heavy atom. The molecule has 1 atom stereocenters. The van der Waals surface area contributed by atoms with E-state index < -0.39 is 8.07 Å². The molecule has 290 valence electrons. The van der Waals surface area contributed by atoms with Crippen LogP contribution in [-0.2, 0) is 52.3 Å². The Kier molecular flexibility index (Phi) is 17.1. The summed E-state index contributed by atoms with van der Waals surface area (Å²) >= 11 is 1.30. The SMILES string of the molecule is CC(C)(C)c1c[c-]c2c(c1)-c1cc(C(C)(C)C)ccc1C2.CC(C)(C)c1cc[c-]cc1.CC(C)(C)c1cc[c-]cc1.CC1=[C-]C(C)C=C1[Si](C)(C)C.[CH2]=[Zr]. The third kappa shape index (κ3) is 14.4. The van der Waals surface area contributed by atoms with Gasteiger partial charge < -0.3 is 0 Å². The van der Waals surface area contributed by atoms with Crippen LogP contribution in [0.2, 0.25) is 19.6 Å². The molecule has 6 rings (SSSR count). The average Bonchev–Trinajstić information content (AvgIpc) is 3.63. The van der Waals surface area contributed by atoms with E-state index in [1.807, 2.05) is 24.3 Å². The predicted octanol–water partition coefficient (Wildman–Crippen LogP) is 14.4. The van der Waals surface area contributed by atoms with Crippen molar-refractivity contribution in [1.29, 1.82) is 0 Å². The van der Waals surface area contributed by atoms with Crippen LogP contribution in [0.3, 0.4) is 0 Å². The first-order chi connectivity index (χ1) is 24.8. The number of hydrogen-bond donors (Lipinski definition) is 0. The number of allylic oxidation sites excluding steroid dienone is 4. The molecule has 0 spiro atoms. The Morgan fingerprint density at radius 1 is 0.611 bits per heavy atom. The standard InChI is InChI=1S/C21H25.C10H17Si.2C10H13.CH2.Zr/c1-20(2,3)16-9-7-14-11-15-8-10-17(21(4,5)6)13-19(15)18(14)12-16;1-8-6-9(2)10(7-8)11(3,4)5;2*1-10(2,3)9-7-5-4-6-8-9;;/h7,9-10,12-13H,11H2,1-6H3;7-8H,1-5H3;2*5-8H,1-3H3;1H2;/q4*-1;;. The minimum absolute atomic E-state index is 0.177. The maximum absolute atomic E-state index is 3.53. The Labute approximate surface area is 349 Å². The molecule has 2 heteroatoms. The number of benzene rings is 4. The molecular weight excluding hydrogens is 744 g/mol. The second kappa shape index (κ2) is 19.5. The first-order valence-corrected chi connectivity index (χ1v) is 24.8. The van der Waals surface area contributed by atoms with Gasteiger partial charge in [0, 0.05) is 0 Å². The fraction of sp³-hybridized carbons (Fsp3) is 0.442. The van der Waals surface area contributed by atoms with Crippen LogP contribution in [-0.4, -0.2) is 12.3 Å². The third-order valence-corrected chi connectivity index (χ3v) is 11.9. The van der Waals surface area contributed by atoms with Gasteiger partial charge in [0.25, 0.3) is 0 Å². The second-order valence-corrected chi connectivity index (χ2v) is 24.8. The van der Waals surface area contributed by atoms with Gasteiger partial charge in [0.15, 0.2) is 0 Å². The van der Waals surface area contributed by atoms with Crippen LogP contribution in [0.25, 0.3) is 11.1 Å². The first-order valence-electron chi connectivity index (χ1n) is 19.6. The molecule has 0 fully saturated rings. The van der Waals surface area contributed by atoms with Crippen LogP contribution < -0.4 is 0 Å². The summed E-state index contributed by atoms with van der Waals surface area (Å²) in [5.74, 6) is 0.553. The van der Waals surface area contributed by atoms with Gasteiger partial charge in [-0.2, -0.15) is 107 Å². The summed E-state index contributed by atoms with van der Waals surface area (Å²) in [4.78, 5) is 0. The van der Waals surface area contributed by atoms with Crippen molar-refractivity contribution in [2.45, 2.75) is 145 Å². The van der Waals surface area contributed by atoms with Gasteiger partial charge in [-0.1, -0.05) is 157 Å². The van der Waals surface area contributed by atoms with Gasteiger partial charge in [0.2, 0.25) is 0 Å². The van der Waals surface area contributed by atoms with Crippen molar-refractivity contribution in [1.82, 2.24) is 0 Å². The molecule has 0 nitrogen and oxygen atoms in total. The van der Waals surface area contributed by atoms with Crippen LogP contribution >= 0.6 is 0 Å². The zero-order valence-corrected chi connectivity index (χ0v) is 40.5. The average molecular weight is 814 g/mol. The quantitative estimate of drug-likeness (QED) is 0.117. The van der Waals surface area contributed by atoms with Crippen molar-refractivity contribution in [3.63, 3.8) is 0 Å². The van der Waals surface area contributed by atoms with Crippen molar-refractivity contribution in [3.8, 4) is 11.1 Å². The van der Waals surface area contributed by atoms with Crippen LogP contribution in [0.15, 0.2) is 95.7 Å². The molecule has 4 aromatic carbocycles. The van der Waals surface area contributed by atoms with Gasteiger partial charge in [-0.25, -0.2) is 10.8 Å². The van der Waals surface area contributed by atoms with E-state index in [9.17, 15) is 0 Å². The van der Waals surface area contributed by atoms with E-state index in [2.05, 4.69) is 206 Å². The normalized spacial score (nSPS) is 14.9. The second-order valence-electron chi connectivity index (χ2n) is 19.8. The number of fused-ring (bicyclic) bond motifs is 3. The van der Waals surface area contributed by atoms with Crippen LogP contribution in [0.4, 0.5) is 0 Å². The first kappa shape index (κ1) is 47.5. The summed E-state index contributed by atoms with van der Waals surface area (Å²) in [6.07, 6.45) is 6.84. The van der Waals surface area contributed by atoms with Crippen molar-refractivity contribution >= 4 is 12.3 Å². The molecule has 0 aromatic heterocycles. The summed E-state index contributed by atoms with van der Waals surface area (Å²) in [5, 5.41) is 1.60. The topological polar surface area (TPSA) is 0 Å². The summed E-state index contributed by atoms with van der Waals surface area (Å²) < 4.78 is 3.34. The summed E-state index contributed by atoms with van der Waals surface area (Å²) in [5.41, 5.74) is 13.4. The van der Waals surface area contributed by atoms with E-state index in [1.54, 1.807) is 5.20 Å². The fourth-order valence-electron chi connectivity index (χ4n) is 6.41. The molecule has 54 heavy (non-hydrogen) atoms. The van der Waals surface area contributed by atoms with Gasteiger partial charge in [-0.15, -0.1) is 5.56 Å². The van der Waals surface area contributed by atoms with E-state index in [0.29, 0.717) is 5.92 Å². The van der Waals surface area contributed by atoms with Crippen molar-refractivity contribution in [2.75, 3.05) is 0 Å². The molecule has 0 bridgehead atoms. The fourth-order valence-corrected chi connectivity index (χ4v) is 8.35. The number of rotatable bonds is 1. The molecule has 0 saturated heterocycles. The molecule has 0 aliphatic heterocycles. The van der Waals surface area contributed by atoms with Crippen LogP contribution in [0.1, 0.15) is 130 Å². The molecule has 1 unspecified atom stereocenters. The molecule has 0 heterocycles. The monoisotopic (exact) mass is 812 g/mol. The minimum atomic E-state index is -1.07. The zero-order valence-electron chi connectivity index (χ0n) is 37.1. The Balaban J connectivity index is 0.000000262. The summed E-state index contributed by atoms with van der Waals surface area (Å²) in [7, 11) is -1.07. The van der Waals surface area contributed by atoms with E-state index >= 15 is 0 Å². The predicted molar refractivity (Wildman–Crippen MR) is 239 cm³/mol. The van der Waals surface area contributed by atoms with Crippen molar-refractivity contribution in [2.24, 2.45) is 5.92 Å². The number of hydrogen-bond acceptors (Lipinski definition) is 0. The van der Waals surface area contributed by atoms with Crippen LogP contribution in [0, 0.1) is 30.2 Å². The van der Waals surface area contributed by atoms with Gasteiger partial charge in [0.05, 0.1) is 0 Å². The van der Waals surface area contributed by atoms with E-state index in [1.165, 1.54) is 74.3 Å². The third-order valence-electron chi connectivity index (χ3n) is 9.77. The summed E-state index contributed by atoms with van der Waals surface area (Å²) in [6.45, 7) is 38.5. The molecule has 0 saturated carbocycles. The van der Waals surface area contributed by atoms with Gasteiger partial charge in [-0.05, 0) is 36.3 Å². The maximum atomic E-state index is 3.53. The van der Waals surface area contributed by atoms with Crippen molar-refractivity contribution in [3.05, 3.63) is 153 Å². The molecule has 0 radical (unpaired) electrons. The van der Waals surface area contributed by atoms with Gasteiger partial charge in [-0.3, -0.25) is 6.08 Å². The Bertz CT molecular complexity index is 1710. The molecule has 0 amide bonds. The van der Waals surface area contributed by atoms with E-state index in [-0.39, 0.29) is 21.7 Å². The van der Waals surface area contributed by atoms with Crippen molar-refractivity contribution < 1.29 is 24.2 Å². The molecule has 2 aliphatic carbocycles. The Morgan fingerprint density at radius 3 is 1.37 bits per heavy atom. The van der Waals surface area contributed by atoms with Gasteiger partial charge in [0.1, 0.15) is 0 Å². The van der Waals surface area contributed by atoms with Crippen LogP contribution in [0.5, 0.6) is 0 Å². The zero-order chi connectivity index (χ0) is 41.3. The van der Waals surface area contributed by atoms with Gasteiger partial charge >= 0.3 is 28.4 Å². The summed E-state index contributed by atoms with van der Waals surface area (Å²) in [6, 6.07) is 37.4.